The van der Waals surface area contributed by atoms with Crippen molar-refractivity contribution in [3.8, 4) is 11.3 Å². The van der Waals surface area contributed by atoms with Crippen LogP contribution in [0.15, 0.2) is 24.4 Å². The van der Waals surface area contributed by atoms with E-state index < -0.39 is 0 Å². The van der Waals surface area contributed by atoms with Gasteiger partial charge in [0.2, 0.25) is 5.91 Å². The Bertz CT molecular complexity index is 834. The second-order valence-electron chi connectivity index (χ2n) is 8.04. The smallest absolute Gasteiger partial charge is 0.221 e. The maximum atomic E-state index is 11.7. The van der Waals surface area contributed by atoms with E-state index in [2.05, 4.69) is 33.9 Å². The first-order valence-electron chi connectivity index (χ1n) is 9.91. The van der Waals surface area contributed by atoms with Gasteiger partial charge in [0.05, 0.1) is 11.6 Å². The van der Waals surface area contributed by atoms with Gasteiger partial charge in [-0.3, -0.25) is 9.69 Å². The summed E-state index contributed by atoms with van der Waals surface area (Å²) in [7, 11) is 0. The number of imidazole rings is 1. The average Bonchev–Trinajstić information content (AvgIpc) is 3.35. The topological polar surface area (TPSA) is 64.2 Å². The van der Waals surface area contributed by atoms with Gasteiger partial charge >= 0.3 is 0 Å². The number of amides is 1. The highest BCUT2D eigenvalue weighted by Crippen LogP contribution is 2.39. The minimum Gasteiger partial charge on any atom is -0.369 e. The van der Waals surface area contributed by atoms with Crippen LogP contribution < -0.4 is 5.73 Å². The van der Waals surface area contributed by atoms with Crippen molar-refractivity contribution < 1.29 is 4.79 Å². The van der Waals surface area contributed by atoms with E-state index in [4.69, 9.17) is 10.7 Å². The Balaban J connectivity index is 1.43. The number of primary amides is 1. The number of aryl methyl sites for hydroxylation is 3. The fourth-order valence-electron chi connectivity index (χ4n) is 5.03. The van der Waals surface area contributed by atoms with E-state index in [9.17, 15) is 4.79 Å². The number of carbonyl (C=O) groups is 1. The molecule has 1 saturated heterocycles. The highest BCUT2D eigenvalue weighted by atomic mass is 16.1. The molecular formula is C21H26N4O. The highest BCUT2D eigenvalue weighted by molar-refractivity contribution is 5.77. The molecule has 1 fully saturated rings. The van der Waals surface area contributed by atoms with Crippen molar-refractivity contribution in [3.05, 3.63) is 41.3 Å². The third-order valence-corrected chi connectivity index (χ3v) is 6.44. The zero-order chi connectivity index (χ0) is 17.7. The Morgan fingerprint density at radius 1 is 1.15 bits per heavy atom. The van der Waals surface area contributed by atoms with Gasteiger partial charge in [-0.15, -0.1) is 0 Å². The first-order chi connectivity index (χ1) is 12.7. The molecule has 2 N–H and O–H groups in total. The lowest BCUT2D eigenvalue weighted by atomic mass is 9.94. The Kier molecular flexibility index (Phi) is 3.85. The van der Waals surface area contributed by atoms with Crippen molar-refractivity contribution in [2.75, 3.05) is 13.1 Å². The molecule has 1 aromatic heterocycles. The number of nitrogens with zero attached hydrogens (tertiary/aromatic N) is 3. The Hall–Kier alpha value is -2.14. The molecule has 2 aromatic rings. The maximum absolute atomic E-state index is 11.7. The van der Waals surface area contributed by atoms with Crippen LogP contribution in [0.3, 0.4) is 0 Å². The lowest BCUT2D eigenvalue weighted by Crippen LogP contribution is -2.42. The quantitative estimate of drug-likeness (QED) is 0.926. The normalized spacial score (nSPS) is 25.2. The van der Waals surface area contributed by atoms with Crippen LogP contribution >= 0.6 is 0 Å². The molecule has 0 spiro atoms. The fourth-order valence-corrected chi connectivity index (χ4v) is 5.03. The van der Waals surface area contributed by atoms with Crippen molar-refractivity contribution in [1.82, 2.24) is 14.5 Å². The van der Waals surface area contributed by atoms with Crippen LogP contribution in [0.2, 0.25) is 0 Å². The molecule has 1 amide bonds. The molecule has 3 aliphatic rings. The Morgan fingerprint density at radius 2 is 2.08 bits per heavy atom. The summed E-state index contributed by atoms with van der Waals surface area (Å²) in [5.41, 5.74) is 10.8. The van der Waals surface area contributed by atoms with Gasteiger partial charge in [-0.05, 0) is 55.8 Å². The molecule has 2 atom stereocenters. The predicted molar refractivity (Wildman–Crippen MR) is 101 cm³/mol. The fraction of sp³-hybridized carbons (Fsp3) is 0.524. The molecule has 5 rings (SSSR count). The van der Waals surface area contributed by atoms with E-state index in [1.807, 2.05) is 0 Å². The summed E-state index contributed by atoms with van der Waals surface area (Å²) in [4.78, 5) is 19.0. The Morgan fingerprint density at radius 3 is 2.92 bits per heavy atom. The van der Waals surface area contributed by atoms with Crippen LogP contribution in [-0.2, 0) is 24.2 Å². The standard InChI is InChI=1S/C21H26N4O/c22-21(26)16-3-1-9-24(12-16)19-8-7-14-5-6-15(11-17(14)19)18-13-25-10-2-4-20(25)23-18/h5-6,11,13,16,19H,1-4,7-10,12H2,(H2,22,26)/t16?,19-/m1/s1. The number of rotatable bonds is 3. The summed E-state index contributed by atoms with van der Waals surface area (Å²) in [6, 6.07) is 7.27. The zero-order valence-electron chi connectivity index (χ0n) is 15.2. The van der Waals surface area contributed by atoms with Crippen LogP contribution in [-0.4, -0.2) is 33.4 Å². The lowest BCUT2D eigenvalue weighted by Gasteiger charge is -2.36. The molecular weight excluding hydrogens is 324 g/mol. The second-order valence-corrected chi connectivity index (χ2v) is 8.04. The van der Waals surface area contributed by atoms with E-state index >= 15 is 0 Å². The van der Waals surface area contributed by atoms with Crippen molar-refractivity contribution in [2.45, 2.75) is 51.1 Å². The lowest BCUT2D eigenvalue weighted by molar-refractivity contribution is -0.123. The molecule has 136 valence electrons. The van der Waals surface area contributed by atoms with Gasteiger partial charge in [-0.25, -0.2) is 4.98 Å². The summed E-state index contributed by atoms with van der Waals surface area (Å²) in [6.07, 6.45) is 8.78. The van der Waals surface area contributed by atoms with E-state index in [-0.39, 0.29) is 11.8 Å². The third kappa shape index (κ3) is 2.65. The largest absolute Gasteiger partial charge is 0.369 e. The number of fused-ring (bicyclic) bond motifs is 2. The SMILES string of the molecule is NC(=O)C1CCCN([C@@H]2CCc3ccc(-c4cn5c(n4)CCC5)cc32)C1. The minimum absolute atomic E-state index is 0.00657. The van der Waals surface area contributed by atoms with Crippen LogP contribution in [0.4, 0.5) is 0 Å². The molecule has 0 radical (unpaired) electrons. The van der Waals surface area contributed by atoms with Crippen molar-refractivity contribution in [1.29, 1.82) is 0 Å². The van der Waals surface area contributed by atoms with Gasteiger partial charge < -0.3 is 10.3 Å². The van der Waals surface area contributed by atoms with Gasteiger partial charge in [-0.2, -0.15) is 0 Å². The van der Waals surface area contributed by atoms with E-state index in [1.54, 1.807) is 0 Å². The van der Waals surface area contributed by atoms with Gasteiger partial charge in [0, 0.05) is 37.3 Å². The molecule has 5 nitrogen and oxygen atoms in total. The molecule has 1 aliphatic carbocycles. The van der Waals surface area contributed by atoms with Crippen LogP contribution in [0, 0.1) is 5.92 Å². The summed E-state index contributed by atoms with van der Waals surface area (Å²) in [6.45, 7) is 2.97. The summed E-state index contributed by atoms with van der Waals surface area (Å²) >= 11 is 0. The number of carbonyl (C=O) groups excluding carboxylic acids is 1. The van der Waals surface area contributed by atoms with Crippen LogP contribution in [0.1, 0.15) is 48.7 Å². The average molecular weight is 350 g/mol. The number of hydrogen-bond donors (Lipinski definition) is 1. The molecule has 2 aliphatic heterocycles. The molecule has 26 heavy (non-hydrogen) atoms. The molecule has 0 bridgehead atoms. The van der Waals surface area contributed by atoms with Crippen molar-refractivity contribution in [3.63, 3.8) is 0 Å². The Labute approximate surface area is 154 Å². The summed E-state index contributed by atoms with van der Waals surface area (Å²) in [5.74, 6) is 1.08. The van der Waals surface area contributed by atoms with E-state index in [0.29, 0.717) is 6.04 Å². The second kappa shape index (κ2) is 6.23. The summed E-state index contributed by atoms with van der Waals surface area (Å²) < 4.78 is 2.29. The van der Waals surface area contributed by atoms with E-state index in [0.717, 1.165) is 57.4 Å². The first-order valence-corrected chi connectivity index (χ1v) is 9.91. The predicted octanol–water partition coefficient (Wildman–Crippen LogP) is 2.68. The molecule has 3 heterocycles. The van der Waals surface area contributed by atoms with Gasteiger partial charge in [0.15, 0.2) is 0 Å². The monoisotopic (exact) mass is 350 g/mol. The minimum atomic E-state index is -0.144. The van der Waals surface area contributed by atoms with Gasteiger partial charge in [-0.1, -0.05) is 12.1 Å². The van der Waals surface area contributed by atoms with Crippen LogP contribution in [0.5, 0.6) is 0 Å². The summed E-state index contributed by atoms with van der Waals surface area (Å²) in [5, 5.41) is 0. The number of hydrogen-bond acceptors (Lipinski definition) is 3. The number of nitrogens with two attached hydrogens (primary N) is 1. The molecule has 1 unspecified atom stereocenters. The number of aromatic nitrogens is 2. The molecule has 1 aromatic carbocycles. The molecule has 0 saturated carbocycles. The van der Waals surface area contributed by atoms with Crippen molar-refractivity contribution >= 4 is 5.91 Å². The number of likely N-dealkylation sites (tertiary alicyclic amines) is 1. The van der Waals surface area contributed by atoms with Crippen molar-refractivity contribution in [2.24, 2.45) is 11.7 Å². The maximum Gasteiger partial charge on any atom is 0.221 e. The number of piperidine rings is 1. The third-order valence-electron chi connectivity index (χ3n) is 6.44. The van der Waals surface area contributed by atoms with E-state index in [1.165, 1.54) is 28.9 Å². The zero-order valence-corrected chi connectivity index (χ0v) is 15.2. The number of benzene rings is 1. The van der Waals surface area contributed by atoms with Gasteiger partial charge in [0.1, 0.15) is 5.82 Å². The van der Waals surface area contributed by atoms with Crippen LogP contribution in [0.25, 0.3) is 11.3 Å². The molecule has 5 heteroatoms. The first kappa shape index (κ1) is 16.1. The van der Waals surface area contributed by atoms with Gasteiger partial charge in [0.25, 0.3) is 0 Å². The highest BCUT2D eigenvalue weighted by Gasteiger charge is 2.33.